The summed E-state index contributed by atoms with van der Waals surface area (Å²) in [5, 5.41) is 9.13. The summed E-state index contributed by atoms with van der Waals surface area (Å²) >= 11 is 0. The van der Waals surface area contributed by atoms with E-state index >= 15 is 4.39 Å². The fourth-order valence-corrected chi connectivity index (χ4v) is 4.87. The van der Waals surface area contributed by atoms with Crippen molar-refractivity contribution in [3.05, 3.63) is 75.5 Å². The van der Waals surface area contributed by atoms with Crippen LogP contribution in [0.3, 0.4) is 0 Å². The highest BCUT2D eigenvalue weighted by molar-refractivity contribution is 5.88. The molecule has 0 spiro atoms. The number of halogens is 4. The average molecular weight is 555 g/mol. The smallest absolute Gasteiger partial charge is 0.449 e. The fraction of sp³-hybridized carbons (Fsp3) is 0.333. The molecule has 13 heteroatoms. The van der Waals surface area contributed by atoms with Crippen LogP contribution in [0.4, 0.5) is 17.6 Å². The number of nitriles is 1. The molecule has 5 rings (SSSR count). The first kappa shape index (κ1) is 27.1. The van der Waals surface area contributed by atoms with Crippen LogP contribution in [0.5, 0.6) is 5.88 Å². The second-order valence-corrected chi connectivity index (χ2v) is 9.47. The number of aromatic nitrogens is 5. The minimum atomic E-state index is -4.96. The third kappa shape index (κ3) is 4.98. The molecule has 0 amide bonds. The maximum absolute atomic E-state index is 15.2. The van der Waals surface area contributed by atoms with Crippen molar-refractivity contribution in [3.8, 4) is 23.2 Å². The van der Waals surface area contributed by atoms with Gasteiger partial charge in [0.1, 0.15) is 22.9 Å². The van der Waals surface area contributed by atoms with Gasteiger partial charge in [-0.25, -0.2) is 24.3 Å². The Morgan fingerprint density at radius 3 is 2.58 bits per heavy atom. The zero-order valence-corrected chi connectivity index (χ0v) is 21.5. The Bertz CT molecular complexity index is 1720. The molecule has 0 bridgehead atoms. The molecule has 4 aromatic rings. The Labute approximate surface area is 225 Å². The molecule has 1 aromatic carbocycles. The van der Waals surface area contributed by atoms with Crippen molar-refractivity contribution < 1.29 is 27.0 Å². The maximum atomic E-state index is 15.2. The second-order valence-electron chi connectivity index (χ2n) is 9.47. The third-order valence-electron chi connectivity index (χ3n) is 6.77. The molecule has 1 fully saturated rings. The summed E-state index contributed by atoms with van der Waals surface area (Å²) in [6.07, 6.45) is -3.27. The van der Waals surface area contributed by atoms with Crippen LogP contribution in [0, 0.1) is 17.1 Å². The molecule has 0 N–H and O–H groups in total. The molecule has 4 heterocycles. The van der Waals surface area contributed by atoms with Crippen LogP contribution in [-0.4, -0.2) is 37.7 Å². The van der Waals surface area contributed by atoms with Crippen molar-refractivity contribution in [2.45, 2.75) is 44.1 Å². The number of hydrogen-bond acceptors (Lipinski definition) is 8. The Morgan fingerprint density at radius 2 is 1.90 bits per heavy atom. The highest BCUT2D eigenvalue weighted by atomic mass is 19.4. The van der Waals surface area contributed by atoms with Gasteiger partial charge in [0.05, 0.1) is 31.0 Å². The number of pyridine rings is 1. The van der Waals surface area contributed by atoms with E-state index in [1.165, 1.54) is 19.2 Å². The Kier molecular flexibility index (Phi) is 6.97. The van der Waals surface area contributed by atoms with E-state index in [1.54, 1.807) is 18.3 Å². The molecule has 40 heavy (non-hydrogen) atoms. The molecule has 3 atom stereocenters. The predicted octanol–water partition coefficient (Wildman–Crippen LogP) is 4.85. The molecule has 1 aliphatic heterocycles. The molecule has 0 aliphatic carbocycles. The number of alkyl halides is 3. The molecule has 1 saturated heterocycles. The molecule has 9 nitrogen and oxygen atoms in total. The van der Waals surface area contributed by atoms with Crippen molar-refractivity contribution in [2.75, 3.05) is 7.11 Å². The summed E-state index contributed by atoms with van der Waals surface area (Å²) in [6.45, 7) is 1.86. The largest absolute Gasteiger partial charge is 0.481 e. The van der Waals surface area contributed by atoms with Gasteiger partial charge in [-0.2, -0.15) is 18.4 Å². The SMILES string of the molecule is COc1cc([C@@H]2C[C@@H](c3nc(-c4ccc(C#N)cc4F)c4nc(C(F)(F)F)n(C)c(=O)c4n3)C[C@@H](C)O2)ccn1. The van der Waals surface area contributed by atoms with Crippen molar-refractivity contribution >= 4 is 11.0 Å². The number of fused-ring (bicyclic) bond motifs is 1. The van der Waals surface area contributed by atoms with Gasteiger partial charge in [-0.3, -0.25) is 9.36 Å². The lowest BCUT2D eigenvalue weighted by atomic mass is 9.88. The normalized spacial score (nSPS) is 19.4. The third-order valence-corrected chi connectivity index (χ3v) is 6.77. The zero-order chi connectivity index (χ0) is 28.8. The van der Waals surface area contributed by atoms with Gasteiger partial charge >= 0.3 is 6.18 Å². The Hall–Kier alpha value is -4.44. The van der Waals surface area contributed by atoms with Gasteiger partial charge in [0.25, 0.3) is 5.56 Å². The molecule has 0 radical (unpaired) electrons. The van der Waals surface area contributed by atoms with Crippen molar-refractivity contribution in [2.24, 2.45) is 7.05 Å². The lowest BCUT2D eigenvalue weighted by molar-refractivity contribution is -0.147. The summed E-state index contributed by atoms with van der Waals surface area (Å²) in [4.78, 5) is 29.8. The first-order valence-electron chi connectivity index (χ1n) is 12.2. The number of nitrogens with zero attached hydrogens (tertiary/aromatic N) is 6. The quantitative estimate of drug-likeness (QED) is 0.329. The van der Waals surface area contributed by atoms with Crippen LogP contribution in [-0.2, 0) is 18.0 Å². The summed E-state index contributed by atoms with van der Waals surface area (Å²) in [6, 6.07) is 8.79. The average Bonchev–Trinajstić information content (AvgIpc) is 2.93. The maximum Gasteiger partial charge on any atom is 0.449 e. The van der Waals surface area contributed by atoms with Crippen molar-refractivity contribution in [1.82, 2.24) is 24.5 Å². The van der Waals surface area contributed by atoms with Gasteiger partial charge < -0.3 is 9.47 Å². The van der Waals surface area contributed by atoms with Crippen molar-refractivity contribution in [3.63, 3.8) is 0 Å². The number of ether oxygens (including phenoxy) is 2. The van der Waals surface area contributed by atoms with Crippen LogP contribution < -0.4 is 10.3 Å². The van der Waals surface area contributed by atoms with Gasteiger partial charge in [-0.05, 0) is 49.6 Å². The molecule has 0 unspecified atom stereocenters. The number of methoxy groups -OCH3 is 1. The van der Waals surface area contributed by atoms with Gasteiger partial charge in [0, 0.05) is 30.8 Å². The summed E-state index contributed by atoms with van der Waals surface area (Å²) in [5.41, 5.74) is -1.60. The fourth-order valence-electron chi connectivity index (χ4n) is 4.87. The molecular formula is C27H22F4N6O3. The van der Waals surface area contributed by atoms with E-state index in [1.807, 2.05) is 13.0 Å². The Morgan fingerprint density at radius 1 is 1.12 bits per heavy atom. The van der Waals surface area contributed by atoms with Crippen LogP contribution >= 0.6 is 0 Å². The highest BCUT2D eigenvalue weighted by Crippen LogP contribution is 2.41. The molecule has 1 aliphatic rings. The van der Waals surface area contributed by atoms with E-state index in [2.05, 4.69) is 19.9 Å². The molecule has 206 valence electrons. The minimum Gasteiger partial charge on any atom is -0.481 e. The van der Waals surface area contributed by atoms with E-state index in [4.69, 9.17) is 14.7 Å². The van der Waals surface area contributed by atoms with Gasteiger partial charge in [0.2, 0.25) is 11.7 Å². The lowest BCUT2D eigenvalue weighted by Crippen LogP contribution is -2.30. The van der Waals surface area contributed by atoms with E-state index in [0.29, 0.717) is 23.3 Å². The summed E-state index contributed by atoms with van der Waals surface area (Å²) in [7, 11) is 2.44. The van der Waals surface area contributed by atoms with Crippen LogP contribution in [0.15, 0.2) is 41.3 Å². The first-order valence-corrected chi connectivity index (χ1v) is 12.2. The van der Waals surface area contributed by atoms with Gasteiger partial charge in [-0.15, -0.1) is 0 Å². The van der Waals surface area contributed by atoms with Crippen LogP contribution in [0.2, 0.25) is 0 Å². The molecule has 3 aromatic heterocycles. The number of rotatable bonds is 4. The number of benzene rings is 1. The highest BCUT2D eigenvalue weighted by Gasteiger charge is 2.38. The monoisotopic (exact) mass is 554 g/mol. The van der Waals surface area contributed by atoms with E-state index in [-0.39, 0.29) is 34.3 Å². The topological polar surface area (TPSA) is 116 Å². The van der Waals surface area contributed by atoms with Crippen LogP contribution in [0.1, 0.15) is 54.6 Å². The predicted molar refractivity (Wildman–Crippen MR) is 134 cm³/mol. The van der Waals surface area contributed by atoms with E-state index in [9.17, 15) is 18.0 Å². The molecule has 0 saturated carbocycles. The van der Waals surface area contributed by atoms with Crippen molar-refractivity contribution in [1.29, 1.82) is 5.26 Å². The standard InChI is InChI=1S/C27H22F4N6O3/c1-13-8-16(10-19(40-13)15-6-7-33-20(11-15)39-3)24-34-21(17-5-4-14(12-32)9-18(17)28)22-23(35-24)25(38)37(2)26(36-22)27(29,30)31/h4-7,9,11,13,16,19H,8,10H2,1-3H3/t13-,16+,19+/m1/s1. The summed E-state index contributed by atoms with van der Waals surface area (Å²) < 4.78 is 68.1. The minimum absolute atomic E-state index is 0.00793. The van der Waals surface area contributed by atoms with E-state index < -0.39 is 40.9 Å². The molecular weight excluding hydrogens is 532 g/mol. The number of hydrogen-bond donors (Lipinski definition) is 0. The van der Waals surface area contributed by atoms with Gasteiger partial charge in [0.15, 0.2) is 5.52 Å². The van der Waals surface area contributed by atoms with Gasteiger partial charge in [-0.1, -0.05) is 0 Å². The zero-order valence-electron chi connectivity index (χ0n) is 21.5. The first-order chi connectivity index (χ1) is 19.0. The summed E-state index contributed by atoms with van der Waals surface area (Å²) in [5.74, 6) is -2.23. The lowest BCUT2D eigenvalue weighted by Gasteiger charge is -2.33. The van der Waals surface area contributed by atoms with E-state index in [0.717, 1.165) is 18.7 Å². The Balaban J connectivity index is 1.71. The van der Waals surface area contributed by atoms with Crippen LogP contribution in [0.25, 0.3) is 22.3 Å². The second kappa shape index (κ2) is 10.3.